The monoisotopic (exact) mass is 330 g/mol. The van der Waals surface area contributed by atoms with Crippen molar-refractivity contribution in [3.05, 3.63) is 59.1 Å². The van der Waals surface area contributed by atoms with E-state index in [4.69, 9.17) is 11.6 Å². The predicted molar refractivity (Wildman–Crippen MR) is 92.8 cm³/mol. The van der Waals surface area contributed by atoms with Crippen LogP contribution in [0.4, 0.5) is 5.13 Å². The zero-order valence-corrected chi connectivity index (χ0v) is 13.7. The van der Waals surface area contributed by atoms with Gasteiger partial charge < -0.3 is 0 Å². The summed E-state index contributed by atoms with van der Waals surface area (Å²) in [5, 5.41) is 1.45. The standard InChI is InChI=1S/C17H15ClN2OS/c1-20(17-19-14-4-2-3-5-15(14)22-17)16(21)11-8-12-6-9-13(18)10-7-12/h2-7,9-10H,8,11H2,1H3. The number of thiazole rings is 1. The Hall–Kier alpha value is -1.91. The first-order valence-electron chi connectivity index (χ1n) is 7.00. The summed E-state index contributed by atoms with van der Waals surface area (Å²) in [5.41, 5.74) is 2.04. The van der Waals surface area contributed by atoms with Crippen LogP contribution in [0.3, 0.4) is 0 Å². The Bertz CT molecular complexity index is 765. The predicted octanol–water partition coefficient (Wildman–Crippen LogP) is 4.55. The largest absolute Gasteiger partial charge is 0.291 e. The number of benzene rings is 2. The lowest BCUT2D eigenvalue weighted by molar-refractivity contribution is -0.118. The third-order valence-corrected chi connectivity index (χ3v) is 4.85. The van der Waals surface area contributed by atoms with Gasteiger partial charge >= 0.3 is 0 Å². The van der Waals surface area contributed by atoms with Crippen LogP contribution in [-0.4, -0.2) is 17.9 Å². The smallest absolute Gasteiger partial charge is 0.228 e. The normalized spacial score (nSPS) is 10.8. The van der Waals surface area contributed by atoms with Crippen LogP contribution >= 0.6 is 22.9 Å². The summed E-state index contributed by atoms with van der Waals surface area (Å²) < 4.78 is 1.09. The summed E-state index contributed by atoms with van der Waals surface area (Å²) in [6.07, 6.45) is 1.15. The van der Waals surface area contributed by atoms with Gasteiger partial charge in [0.05, 0.1) is 10.2 Å². The Kier molecular flexibility index (Phi) is 4.41. The molecule has 2 aromatic carbocycles. The average molecular weight is 331 g/mol. The van der Waals surface area contributed by atoms with Crippen LogP contribution < -0.4 is 4.90 Å². The minimum Gasteiger partial charge on any atom is -0.291 e. The number of carbonyl (C=O) groups is 1. The highest BCUT2D eigenvalue weighted by Crippen LogP contribution is 2.28. The van der Waals surface area contributed by atoms with E-state index in [-0.39, 0.29) is 5.91 Å². The molecule has 3 aromatic rings. The van der Waals surface area contributed by atoms with E-state index in [0.717, 1.165) is 20.9 Å². The van der Waals surface area contributed by atoms with Crippen molar-refractivity contribution in [3.63, 3.8) is 0 Å². The lowest BCUT2D eigenvalue weighted by Crippen LogP contribution is -2.26. The molecule has 5 heteroatoms. The summed E-state index contributed by atoms with van der Waals surface area (Å²) >= 11 is 7.40. The summed E-state index contributed by atoms with van der Waals surface area (Å²) in [6, 6.07) is 15.5. The molecule has 0 bridgehead atoms. The van der Waals surface area contributed by atoms with Gasteiger partial charge in [0.15, 0.2) is 5.13 Å². The molecule has 0 unspecified atom stereocenters. The summed E-state index contributed by atoms with van der Waals surface area (Å²) in [4.78, 5) is 18.5. The number of rotatable bonds is 4. The zero-order chi connectivity index (χ0) is 15.5. The van der Waals surface area contributed by atoms with Crippen LogP contribution in [0.5, 0.6) is 0 Å². The van der Waals surface area contributed by atoms with Crippen LogP contribution in [0, 0.1) is 0 Å². The van der Waals surface area contributed by atoms with Crippen molar-refractivity contribution >= 4 is 44.2 Å². The van der Waals surface area contributed by atoms with E-state index in [1.54, 1.807) is 11.9 Å². The number of aryl methyl sites for hydroxylation is 1. The molecule has 0 saturated heterocycles. The van der Waals surface area contributed by atoms with E-state index in [1.807, 2.05) is 48.5 Å². The number of hydrogen-bond acceptors (Lipinski definition) is 3. The lowest BCUT2D eigenvalue weighted by atomic mass is 10.1. The molecule has 1 aromatic heterocycles. The molecule has 22 heavy (non-hydrogen) atoms. The molecule has 0 aliphatic rings. The molecule has 3 nitrogen and oxygen atoms in total. The molecular formula is C17H15ClN2OS. The summed E-state index contributed by atoms with van der Waals surface area (Å²) in [6.45, 7) is 0. The Morgan fingerprint density at radius 3 is 2.64 bits per heavy atom. The number of para-hydroxylation sites is 1. The minimum atomic E-state index is 0.0639. The first kappa shape index (κ1) is 15.0. The molecule has 0 radical (unpaired) electrons. The van der Waals surface area contributed by atoms with E-state index in [1.165, 1.54) is 11.3 Å². The van der Waals surface area contributed by atoms with Crippen molar-refractivity contribution in [3.8, 4) is 0 Å². The number of fused-ring (bicyclic) bond motifs is 1. The Morgan fingerprint density at radius 2 is 1.91 bits per heavy atom. The van der Waals surface area contributed by atoms with Gasteiger partial charge in [0.1, 0.15) is 0 Å². The van der Waals surface area contributed by atoms with Gasteiger partial charge in [0, 0.05) is 18.5 Å². The molecule has 0 atom stereocenters. The van der Waals surface area contributed by atoms with Crippen molar-refractivity contribution in [1.82, 2.24) is 4.98 Å². The maximum atomic E-state index is 12.3. The van der Waals surface area contributed by atoms with Gasteiger partial charge in [0.25, 0.3) is 0 Å². The molecule has 0 spiro atoms. The Morgan fingerprint density at radius 1 is 1.18 bits per heavy atom. The fourth-order valence-corrected chi connectivity index (χ4v) is 3.25. The zero-order valence-electron chi connectivity index (χ0n) is 12.1. The lowest BCUT2D eigenvalue weighted by Gasteiger charge is -2.13. The molecule has 112 valence electrons. The number of hydrogen-bond donors (Lipinski definition) is 0. The Labute approximate surface area is 138 Å². The quantitative estimate of drug-likeness (QED) is 0.703. The number of carbonyl (C=O) groups excluding carboxylic acids is 1. The maximum Gasteiger partial charge on any atom is 0.228 e. The highest BCUT2D eigenvalue weighted by atomic mass is 35.5. The first-order valence-corrected chi connectivity index (χ1v) is 8.19. The van der Waals surface area contributed by atoms with Crippen LogP contribution in [-0.2, 0) is 11.2 Å². The summed E-state index contributed by atoms with van der Waals surface area (Å²) in [5.74, 6) is 0.0639. The SMILES string of the molecule is CN(C(=O)CCc1ccc(Cl)cc1)c1nc2ccccc2s1. The van der Waals surface area contributed by atoms with E-state index in [0.29, 0.717) is 17.9 Å². The number of aromatic nitrogens is 1. The first-order chi connectivity index (χ1) is 10.6. The van der Waals surface area contributed by atoms with Gasteiger partial charge in [-0.05, 0) is 36.2 Å². The van der Waals surface area contributed by atoms with Crippen LogP contribution in [0.25, 0.3) is 10.2 Å². The fraction of sp³-hybridized carbons (Fsp3) is 0.176. The number of anilines is 1. The van der Waals surface area contributed by atoms with Gasteiger partial charge in [-0.2, -0.15) is 0 Å². The minimum absolute atomic E-state index is 0.0639. The molecular weight excluding hydrogens is 316 g/mol. The van der Waals surface area contributed by atoms with Crippen molar-refractivity contribution < 1.29 is 4.79 Å². The highest BCUT2D eigenvalue weighted by molar-refractivity contribution is 7.22. The molecule has 0 N–H and O–H groups in total. The second-order valence-corrected chi connectivity index (χ2v) is 6.49. The van der Waals surface area contributed by atoms with E-state index in [2.05, 4.69) is 4.98 Å². The topological polar surface area (TPSA) is 33.2 Å². The van der Waals surface area contributed by atoms with Crippen LogP contribution in [0.15, 0.2) is 48.5 Å². The molecule has 1 amide bonds. The van der Waals surface area contributed by atoms with Crippen LogP contribution in [0.1, 0.15) is 12.0 Å². The second-order valence-electron chi connectivity index (χ2n) is 5.04. The number of nitrogens with zero attached hydrogens (tertiary/aromatic N) is 2. The van der Waals surface area contributed by atoms with Gasteiger partial charge in [-0.3, -0.25) is 9.69 Å². The van der Waals surface area contributed by atoms with Gasteiger partial charge in [0.2, 0.25) is 5.91 Å². The molecule has 0 saturated carbocycles. The third-order valence-electron chi connectivity index (χ3n) is 3.48. The number of halogens is 1. The third kappa shape index (κ3) is 3.29. The van der Waals surface area contributed by atoms with Crippen molar-refractivity contribution in [2.45, 2.75) is 12.8 Å². The molecule has 0 fully saturated rings. The Balaban J connectivity index is 1.67. The molecule has 0 aliphatic carbocycles. The van der Waals surface area contributed by atoms with Gasteiger partial charge in [-0.15, -0.1) is 0 Å². The molecule has 1 heterocycles. The van der Waals surface area contributed by atoms with E-state index in [9.17, 15) is 4.79 Å². The number of amides is 1. The molecule has 3 rings (SSSR count). The van der Waals surface area contributed by atoms with Gasteiger partial charge in [-0.25, -0.2) is 4.98 Å². The van der Waals surface area contributed by atoms with Crippen LogP contribution in [0.2, 0.25) is 5.02 Å². The van der Waals surface area contributed by atoms with E-state index < -0.39 is 0 Å². The second kappa shape index (κ2) is 6.46. The molecule has 0 aliphatic heterocycles. The summed E-state index contributed by atoms with van der Waals surface area (Å²) in [7, 11) is 1.78. The maximum absolute atomic E-state index is 12.3. The average Bonchev–Trinajstić information content (AvgIpc) is 2.97. The van der Waals surface area contributed by atoms with Crippen molar-refractivity contribution in [2.75, 3.05) is 11.9 Å². The van der Waals surface area contributed by atoms with Gasteiger partial charge in [-0.1, -0.05) is 47.2 Å². The van der Waals surface area contributed by atoms with E-state index >= 15 is 0 Å². The van der Waals surface area contributed by atoms with Crippen molar-refractivity contribution in [2.24, 2.45) is 0 Å². The highest BCUT2D eigenvalue weighted by Gasteiger charge is 2.15. The fourth-order valence-electron chi connectivity index (χ4n) is 2.18. The van der Waals surface area contributed by atoms with Crippen molar-refractivity contribution in [1.29, 1.82) is 0 Å².